The number of carbonyl (C=O) groups excluding carboxylic acids is 1. The van der Waals surface area contributed by atoms with E-state index < -0.39 is 0 Å². The fourth-order valence-corrected chi connectivity index (χ4v) is 2.19. The number of nitrogens with one attached hydrogen (secondary N) is 3. The normalized spacial score (nSPS) is 10.1. The summed E-state index contributed by atoms with van der Waals surface area (Å²) in [6, 6.07) is 15.7. The molecule has 3 aromatic rings. The van der Waals surface area contributed by atoms with Crippen LogP contribution in [0.2, 0.25) is 0 Å². The minimum absolute atomic E-state index is 0.131. The molecule has 0 unspecified atom stereocenters. The van der Waals surface area contributed by atoms with Crippen LogP contribution in [0.25, 0.3) is 0 Å². The van der Waals surface area contributed by atoms with Gasteiger partial charge in [0.2, 0.25) is 11.9 Å². The summed E-state index contributed by atoms with van der Waals surface area (Å²) in [6.45, 7) is 1.46. The van der Waals surface area contributed by atoms with Gasteiger partial charge in [0, 0.05) is 30.2 Å². The highest BCUT2D eigenvalue weighted by atomic mass is 16.3. The number of aromatic hydroxyl groups is 1. The predicted molar refractivity (Wildman–Crippen MR) is 97.4 cm³/mol. The van der Waals surface area contributed by atoms with Crippen LogP contribution in [0.3, 0.4) is 0 Å². The molecule has 1 heterocycles. The lowest BCUT2D eigenvalue weighted by molar-refractivity contribution is -0.114. The van der Waals surface area contributed by atoms with Crippen molar-refractivity contribution in [2.75, 3.05) is 16.0 Å². The Kier molecular flexibility index (Phi) is 4.75. The fourth-order valence-electron chi connectivity index (χ4n) is 2.19. The van der Waals surface area contributed by atoms with E-state index in [1.54, 1.807) is 48.7 Å². The number of hydrogen-bond donors (Lipinski definition) is 4. The van der Waals surface area contributed by atoms with Gasteiger partial charge in [0.15, 0.2) is 0 Å². The molecule has 7 heteroatoms. The molecular weight excluding hydrogens is 318 g/mol. The number of phenolic OH excluding ortho intramolecular Hbond substituents is 1. The van der Waals surface area contributed by atoms with E-state index in [0.717, 1.165) is 11.4 Å². The van der Waals surface area contributed by atoms with Crippen LogP contribution >= 0.6 is 0 Å². The van der Waals surface area contributed by atoms with Gasteiger partial charge in [-0.05, 0) is 48.5 Å². The molecule has 0 aliphatic carbocycles. The summed E-state index contributed by atoms with van der Waals surface area (Å²) in [5.74, 6) is 1.10. The van der Waals surface area contributed by atoms with Gasteiger partial charge in [0.1, 0.15) is 11.6 Å². The van der Waals surface area contributed by atoms with Gasteiger partial charge >= 0.3 is 0 Å². The second kappa shape index (κ2) is 7.31. The van der Waals surface area contributed by atoms with E-state index in [-0.39, 0.29) is 11.7 Å². The average molecular weight is 335 g/mol. The maximum absolute atomic E-state index is 11.1. The van der Waals surface area contributed by atoms with Gasteiger partial charge in [-0.25, -0.2) is 4.98 Å². The van der Waals surface area contributed by atoms with E-state index in [0.29, 0.717) is 17.5 Å². The molecule has 4 N–H and O–H groups in total. The first-order valence-electron chi connectivity index (χ1n) is 7.62. The van der Waals surface area contributed by atoms with Gasteiger partial charge < -0.3 is 21.1 Å². The van der Waals surface area contributed by atoms with Crippen LogP contribution < -0.4 is 16.0 Å². The number of rotatable bonds is 5. The zero-order chi connectivity index (χ0) is 17.6. The summed E-state index contributed by atoms with van der Waals surface area (Å²) >= 11 is 0. The van der Waals surface area contributed by atoms with E-state index in [1.165, 1.54) is 6.92 Å². The highest BCUT2D eigenvalue weighted by Crippen LogP contribution is 2.21. The Balaban J connectivity index is 1.73. The molecule has 0 saturated heterocycles. The van der Waals surface area contributed by atoms with Crippen molar-refractivity contribution in [1.29, 1.82) is 0 Å². The molecule has 0 spiro atoms. The summed E-state index contributed by atoms with van der Waals surface area (Å²) < 4.78 is 0. The molecule has 0 fully saturated rings. The first kappa shape index (κ1) is 16.3. The molecule has 0 radical (unpaired) electrons. The Bertz CT molecular complexity index is 881. The van der Waals surface area contributed by atoms with Crippen LogP contribution in [0.5, 0.6) is 5.75 Å². The molecule has 0 aliphatic heterocycles. The number of nitrogens with zero attached hydrogens (tertiary/aromatic N) is 2. The lowest BCUT2D eigenvalue weighted by atomic mass is 10.2. The molecule has 126 valence electrons. The molecule has 2 aromatic carbocycles. The van der Waals surface area contributed by atoms with E-state index in [4.69, 9.17) is 0 Å². The third-order valence-corrected chi connectivity index (χ3v) is 3.23. The Labute approximate surface area is 144 Å². The van der Waals surface area contributed by atoms with Gasteiger partial charge in [-0.1, -0.05) is 6.07 Å². The Morgan fingerprint density at radius 1 is 0.960 bits per heavy atom. The lowest BCUT2D eigenvalue weighted by Crippen LogP contribution is -2.06. The molecular formula is C18H17N5O2. The molecule has 1 amide bonds. The average Bonchev–Trinajstić information content (AvgIpc) is 2.57. The summed E-state index contributed by atoms with van der Waals surface area (Å²) in [6.07, 6.45) is 1.63. The molecule has 0 atom stereocenters. The van der Waals surface area contributed by atoms with Gasteiger partial charge in [0.05, 0.1) is 0 Å². The highest BCUT2D eigenvalue weighted by molar-refractivity contribution is 5.89. The highest BCUT2D eigenvalue weighted by Gasteiger charge is 2.03. The van der Waals surface area contributed by atoms with E-state index >= 15 is 0 Å². The van der Waals surface area contributed by atoms with Gasteiger partial charge in [-0.15, -0.1) is 0 Å². The van der Waals surface area contributed by atoms with Crippen molar-refractivity contribution in [2.24, 2.45) is 0 Å². The van der Waals surface area contributed by atoms with E-state index in [9.17, 15) is 9.90 Å². The number of aromatic nitrogens is 2. The Morgan fingerprint density at radius 2 is 1.72 bits per heavy atom. The maximum Gasteiger partial charge on any atom is 0.229 e. The van der Waals surface area contributed by atoms with E-state index in [2.05, 4.69) is 25.9 Å². The van der Waals surface area contributed by atoms with Crippen molar-refractivity contribution in [3.63, 3.8) is 0 Å². The van der Waals surface area contributed by atoms with Crippen molar-refractivity contribution in [2.45, 2.75) is 6.92 Å². The second-order valence-electron chi connectivity index (χ2n) is 5.32. The summed E-state index contributed by atoms with van der Waals surface area (Å²) in [5.41, 5.74) is 2.25. The number of carbonyl (C=O) groups is 1. The van der Waals surface area contributed by atoms with Crippen LogP contribution in [0.1, 0.15) is 6.92 Å². The molecule has 25 heavy (non-hydrogen) atoms. The van der Waals surface area contributed by atoms with Gasteiger partial charge in [0.25, 0.3) is 0 Å². The molecule has 0 aliphatic rings. The van der Waals surface area contributed by atoms with Crippen molar-refractivity contribution in [3.8, 4) is 5.75 Å². The fraction of sp³-hybridized carbons (Fsp3) is 0.0556. The SMILES string of the molecule is CC(=O)Nc1cccc(Nc2nccc(Nc3ccc(O)cc3)n2)c1. The zero-order valence-corrected chi connectivity index (χ0v) is 13.5. The van der Waals surface area contributed by atoms with Crippen molar-refractivity contribution >= 4 is 34.7 Å². The third-order valence-electron chi connectivity index (χ3n) is 3.23. The minimum Gasteiger partial charge on any atom is -0.508 e. The van der Waals surface area contributed by atoms with Crippen LogP contribution in [0, 0.1) is 0 Å². The summed E-state index contributed by atoms with van der Waals surface area (Å²) in [5, 5.41) is 18.3. The zero-order valence-electron chi connectivity index (χ0n) is 13.5. The topological polar surface area (TPSA) is 99.2 Å². The minimum atomic E-state index is -0.131. The Hall–Kier alpha value is -3.61. The van der Waals surface area contributed by atoms with Crippen LogP contribution in [-0.2, 0) is 4.79 Å². The number of phenols is 1. The van der Waals surface area contributed by atoms with Crippen LogP contribution in [-0.4, -0.2) is 21.0 Å². The van der Waals surface area contributed by atoms with E-state index in [1.807, 2.05) is 12.1 Å². The van der Waals surface area contributed by atoms with Crippen molar-refractivity contribution < 1.29 is 9.90 Å². The predicted octanol–water partition coefficient (Wildman–Crippen LogP) is 3.63. The first-order valence-corrected chi connectivity index (χ1v) is 7.62. The summed E-state index contributed by atoms with van der Waals surface area (Å²) in [4.78, 5) is 19.7. The monoisotopic (exact) mass is 335 g/mol. The lowest BCUT2D eigenvalue weighted by Gasteiger charge is -2.09. The van der Waals surface area contributed by atoms with Crippen LogP contribution in [0.4, 0.5) is 28.8 Å². The molecule has 3 rings (SSSR count). The maximum atomic E-state index is 11.1. The third kappa shape index (κ3) is 4.68. The van der Waals surface area contributed by atoms with Crippen LogP contribution in [0.15, 0.2) is 60.8 Å². The number of anilines is 5. The van der Waals surface area contributed by atoms with Crippen molar-refractivity contribution in [1.82, 2.24) is 9.97 Å². The second-order valence-corrected chi connectivity index (χ2v) is 5.32. The van der Waals surface area contributed by atoms with Gasteiger partial charge in [-0.3, -0.25) is 4.79 Å². The van der Waals surface area contributed by atoms with Gasteiger partial charge in [-0.2, -0.15) is 4.98 Å². The van der Waals surface area contributed by atoms with Crippen molar-refractivity contribution in [3.05, 3.63) is 60.8 Å². The number of hydrogen-bond acceptors (Lipinski definition) is 6. The molecule has 0 saturated carbocycles. The largest absolute Gasteiger partial charge is 0.508 e. The Morgan fingerprint density at radius 3 is 2.48 bits per heavy atom. The summed E-state index contributed by atoms with van der Waals surface area (Å²) in [7, 11) is 0. The first-order chi connectivity index (χ1) is 12.1. The number of benzene rings is 2. The molecule has 0 bridgehead atoms. The quantitative estimate of drug-likeness (QED) is 0.531. The number of amides is 1. The molecule has 7 nitrogen and oxygen atoms in total. The molecule has 1 aromatic heterocycles. The smallest absolute Gasteiger partial charge is 0.229 e. The standard InChI is InChI=1S/C18H17N5O2/c1-12(24)20-14-3-2-4-15(11-14)22-18-19-10-9-17(23-18)21-13-5-7-16(25)8-6-13/h2-11,25H,1H3,(H,20,24)(H2,19,21,22,23).